The molecule has 2 unspecified atom stereocenters. The standard InChI is InChI=1S/C15H17NO3S/c1-10(20(2)19)9-16-15(18)13-7-11-5-3-4-6-12(11)8-14(13)17/h3-8,10,17H,9H2,1-2H3,(H,16,18). The molecule has 0 saturated carbocycles. The highest BCUT2D eigenvalue weighted by molar-refractivity contribution is 7.84. The lowest BCUT2D eigenvalue weighted by atomic mass is 10.1. The third kappa shape index (κ3) is 3.17. The van der Waals surface area contributed by atoms with E-state index in [9.17, 15) is 14.1 Å². The van der Waals surface area contributed by atoms with Gasteiger partial charge in [0, 0.05) is 28.9 Å². The Bertz CT molecular complexity index is 669. The Labute approximate surface area is 120 Å². The van der Waals surface area contributed by atoms with E-state index in [4.69, 9.17) is 0 Å². The van der Waals surface area contributed by atoms with Gasteiger partial charge in [0.2, 0.25) is 0 Å². The van der Waals surface area contributed by atoms with E-state index >= 15 is 0 Å². The van der Waals surface area contributed by atoms with Gasteiger partial charge >= 0.3 is 0 Å². The molecule has 1 amide bonds. The van der Waals surface area contributed by atoms with Gasteiger partial charge in [-0.2, -0.15) is 0 Å². The molecule has 0 aliphatic rings. The molecule has 0 heterocycles. The molecule has 0 aliphatic heterocycles. The van der Waals surface area contributed by atoms with E-state index in [0.717, 1.165) is 10.8 Å². The molecule has 0 fully saturated rings. The number of nitrogens with one attached hydrogen (secondary N) is 1. The SMILES string of the molecule is CC(CNC(=O)c1cc2ccccc2cc1O)S(C)=O. The fraction of sp³-hybridized carbons (Fsp3) is 0.267. The Hall–Kier alpha value is -1.88. The number of carbonyl (C=O) groups is 1. The number of phenolic OH excluding ortho intramolecular Hbond substituents is 1. The van der Waals surface area contributed by atoms with Crippen LogP contribution in [-0.2, 0) is 10.8 Å². The second kappa shape index (κ2) is 6.05. The monoisotopic (exact) mass is 291 g/mol. The van der Waals surface area contributed by atoms with Gasteiger partial charge < -0.3 is 10.4 Å². The Kier molecular flexibility index (Phi) is 4.39. The van der Waals surface area contributed by atoms with Crippen LogP contribution in [0.5, 0.6) is 5.75 Å². The number of amides is 1. The van der Waals surface area contributed by atoms with E-state index in [1.807, 2.05) is 24.3 Å². The molecule has 106 valence electrons. The van der Waals surface area contributed by atoms with Crippen LogP contribution in [-0.4, -0.2) is 33.3 Å². The van der Waals surface area contributed by atoms with Gasteiger partial charge in [0.05, 0.1) is 5.56 Å². The molecule has 2 atom stereocenters. The third-order valence-electron chi connectivity index (χ3n) is 3.23. The normalized spacial score (nSPS) is 13.9. The van der Waals surface area contributed by atoms with Crippen molar-refractivity contribution >= 4 is 27.5 Å². The Morgan fingerprint density at radius 2 is 1.90 bits per heavy atom. The summed E-state index contributed by atoms with van der Waals surface area (Å²) in [6, 6.07) is 10.7. The summed E-state index contributed by atoms with van der Waals surface area (Å²) in [6.45, 7) is 2.12. The summed E-state index contributed by atoms with van der Waals surface area (Å²) in [4.78, 5) is 12.1. The topological polar surface area (TPSA) is 66.4 Å². The molecule has 0 spiro atoms. The van der Waals surface area contributed by atoms with Crippen LogP contribution in [0.1, 0.15) is 17.3 Å². The molecular weight excluding hydrogens is 274 g/mol. The van der Waals surface area contributed by atoms with Crippen molar-refractivity contribution in [3.05, 3.63) is 42.0 Å². The van der Waals surface area contributed by atoms with Gasteiger partial charge in [-0.3, -0.25) is 9.00 Å². The number of rotatable bonds is 4. The molecule has 0 bridgehead atoms. The molecule has 2 aromatic rings. The maximum atomic E-state index is 12.1. The van der Waals surface area contributed by atoms with Crippen molar-refractivity contribution in [2.24, 2.45) is 0 Å². The molecular formula is C15H17NO3S. The Morgan fingerprint density at radius 1 is 1.30 bits per heavy atom. The van der Waals surface area contributed by atoms with Crippen molar-refractivity contribution in [1.29, 1.82) is 0 Å². The van der Waals surface area contributed by atoms with Crippen LogP contribution < -0.4 is 5.32 Å². The van der Waals surface area contributed by atoms with E-state index in [1.54, 1.807) is 25.3 Å². The zero-order chi connectivity index (χ0) is 14.7. The van der Waals surface area contributed by atoms with Crippen LogP contribution in [0.4, 0.5) is 0 Å². The van der Waals surface area contributed by atoms with Gasteiger partial charge in [-0.1, -0.05) is 24.3 Å². The fourth-order valence-electron chi connectivity index (χ4n) is 1.86. The van der Waals surface area contributed by atoms with Gasteiger partial charge in [-0.05, 0) is 29.8 Å². The molecule has 2 rings (SSSR count). The lowest BCUT2D eigenvalue weighted by Gasteiger charge is -2.11. The summed E-state index contributed by atoms with van der Waals surface area (Å²) in [7, 11) is -0.988. The summed E-state index contributed by atoms with van der Waals surface area (Å²) in [6.07, 6.45) is 1.60. The Morgan fingerprint density at radius 3 is 2.50 bits per heavy atom. The molecule has 2 N–H and O–H groups in total. The molecule has 4 nitrogen and oxygen atoms in total. The van der Waals surface area contributed by atoms with Crippen molar-refractivity contribution in [1.82, 2.24) is 5.32 Å². The minimum Gasteiger partial charge on any atom is -0.507 e. The molecule has 0 radical (unpaired) electrons. The average Bonchev–Trinajstić information content (AvgIpc) is 2.43. The van der Waals surface area contributed by atoms with Crippen molar-refractivity contribution < 1.29 is 14.1 Å². The van der Waals surface area contributed by atoms with E-state index in [1.165, 1.54) is 0 Å². The second-order valence-corrected chi connectivity index (χ2v) is 6.54. The van der Waals surface area contributed by atoms with Gasteiger partial charge in [0.1, 0.15) is 5.75 Å². The van der Waals surface area contributed by atoms with Crippen LogP contribution in [0.15, 0.2) is 36.4 Å². The van der Waals surface area contributed by atoms with Crippen LogP contribution >= 0.6 is 0 Å². The maximum Gasteiger partial charge on any atom is 0.255 e. The minimum absolute atomic E-state index is 0.0496. The number of carbonyl (C=O) groups excluding carboxylic acids is 1. The molecule has 5 heteroatoms. The predicted octanol–water partition coefficient (Wildman–Crippen LogP) is 2.04. The second-order valence-electron chi connectivity index (χ2n) is 4.74. The summed E-state index contributed by atoms with van der Waals surface area (Å²) >= 11 is 0. The predicted molar refractivity (Wildman–Crippen MR) is 81.5 cm³/mol. The van der Waals surface area contributed by atoms with E-state index < -0.39 is 10.8 Å². The first-order chi connectivity index (χ1) is 9.49. The average molecular weight is 291 g/mol. The van der Waals surface area contributed by atoms with Crippen LogP contribution in [0.2, 0.25) is 0 Å². The number of hydrogen-bond donors (Lipinski definition) is 2. The lowest BCUT2D eigenvalue weighted by Crippen LogP contribution is -2.32. The highest BCUT2D eigenvalue weighted by atomic mass is 32.2. The molecule has 0 saturated heterocycles. The van der Waals surface area contributed by atoms with Crippen LogP contribution in [0.3, 0.4) is 0 Å². The van der Waals surface area contributed by atoms with Crippen molar-refractivity contribution in [3.8, 4) is 5.75 Å². The number of hydrogen-bond acceptors (Lipinski definition) is 3. The van der Waals surface area contributed by atoms with E-state index in [-0.39, 0.29) is 22.5 Å². The first-order valence-corrected chi connectivity index (χ1v) is 7.93. The highest BCUT2D eigenvalue weighted by Gasteiger charge is 2.14. The number of phenols is 1. The third-order valence-corrected chi connectivity index (χ3v) is 4.53. The first-order valence-electron chi connectivity index (χ1n) is 6.31. The maximum absolute atomic E-state index is 12.1. The van der Waals surface area contributed by atoms with Crippen LogP contribution in [0, 0.1) is 0 Å². The largest absolute Gasteiger partial charge is 0.507 e. The number of aromatic hydroxyl groups is 1. The van der Waals surface area contributed by atoms with Gasteiger partial charge in [0.25, 0.3) is 5.91 Å². The van der Waals surface area contributed by atoms with E-state index in [0.29, 0.717) is 6.54 Å². The van der Waals surface area contributed by atoms with Crippen molar-refractivity contribution in [2.75, 3.05) is 12.8 Å². The zero-order valence-electron chi connectivity index (χ0n) is 11.4. The lowest BCUT2D eigenvalue weighted by molar-refractivity contribution is 0.0951. The van der Waals surface area contributed by atoms with E-state index in [2.05, 4.69) is 5.32 Å². The highest BCUT2D eigenvalue weighted by Crippen LogP contribution is 2.24. The first kappa shape index (κ1) is 14.5. The Balaban J connectivity index is 2.21. The molecule has 0 aromatic heterocycles. The van der Waals surface area contributed by atoms with Crippen molar-refractivity contribution in [2.45, 2.75) is 12.2 Å². The number of fused-ring (bicyclic) bond motifs is 1. The summed E-state index contributed by atoms with van der Waals surface area (Å²) in [5.74, 6) is -0.406. The number of benzene rings is 2. The fourth-order valence-corrected chi connectivity index (χ4v) is 2.18. The van der Waals surface area contributed by atoms with Gasteiger partial charge in [0.15, 0.2) is 0 Å². The van der Waals surface area contributed by atoms with Gasteiger partial charge in [-0.25, -0.2) is 0 Å². The summed E-state index contributed by atoms with van der Waals surface area (Å²) in [5.41, 5.74) is 0.234. The van der Waals surface area contributed by atoms with Gasteiger partial charge in [-0.15, -0.1) is 0 Å². The smallest absolute Gasteiger partial charge is 0.255 e. The molecule has 2 aromatic carbocycles. The summed E-state index contributed by atoms with van der Waals surface area (Å²) < 4.78 is 11.2. The van der Waals surface area contributed by atoms with Crippen LogP contribution in [0.25, 0.3) is 10.8 Å². The molecule has 0 aliphatic carbocycles. The molecule has 20 heavy (non-hydrogen) atoms. The van der Waals surface area contributed by atoms with Crippen molar-refractivity contribution in [3.63, 3.8) is 0 Å². The zero-order valence-corrected chi connectivity index (χ0v) is 12.2. The minimum atomic E-state index is -0.988. The quantitative estimate of drug-likeness (QED) is 0.906. The summed E-state index contributed by atoms with van der Waals surface area (Å²) in [5, 5.41) is 14.3.